The van der Waals surface area contributed by atoms with Crippen molar-refractivity contribution >= 4 is 0 Å². The SMILES string of the molecule is COc1ccc(-c2ccnn2Cc2ccc(C)cc2)cc1O[C@H]1CCCO1. The molecule has 27 heavy (non-hydrogen) atoms. The van der Waals surface area contributed by atoms with E-state index in [4.69, 9.17) is 14.2 Å². The average Bonchev–Trinajstić information content (AvgIpc) is 3.35. The number of benzene rings is 2. The maximum absolute atomic E-state index is 6.03. The van der Waals surface area contributed by atoms with Crippen molar-refractivity contribution in [1.29, 1.82) is 0 Å². The minimum absolute atomic E-state index is 0.202. The van der Waals surface area contributed by atoms with E-state index in [9.17, 15) is 0 Å². The lowest BCUT2D eigenvalue weighted by Crippen LogP contribution is -2.14. The first-order chi connectivity index (χ1) is 13.2. The fourth-order valence-electron chi connectivity index (χ4n) is 3.28. The lowest BCUT2D eigenvalue weighted by molar-refractivity contribution is -0.0402. The smallest absolute Gasteiger partial charge is 0.200 e. The van der Waals surface area contributed by atoms with Gasteiger partial charge in [0.25, 0.3) is 0 Å². The van der Waals surface area contributed by atoms with Gasteiger partial charge in [-0.3, -0.25) is 4.68 Å². The van der Waals surface area contributed by atoms with E-state index in [2.05, 4.69) is 36.3 Å². The van der Waals surface area contributed by atoms with Gasteiger partial charge in [0, 0.05) is 18.2 Å². The van der Waals surface area contributed by atoms with E-state index in [1.807, 2.05) is 35.1 Å². The molecule has 0 bridgehead atoms. The molecule has 140 valence electrons. The van der Waals surface area contributed by atoms with Gasteiger partial charge in [0.1, 0.15) is 0 Å². The molecule has 2 heterocycles. The summed E-state index contributed by atoms with van der Waals surface area (Å²) in [7, 11) is 1.65. The lowest BCUT2D eigenvalue weighted by atomic mass is 10.1. The van der Waals surface area contributed by atoms with Crippen LogP contribution >= 0.6 is 0 Å². The molecule has 1 atom stereocenters. The molecule has 5 nitrogen and oxygen atoms in total. The van der Waals surface area contributed by atoms with Gasteiger partial charge in [-0.25, -0.2) is 0 Å². The van der Waals surface area contributed by atoms with Gasteiger partial charge < -0.3 is 14.2 Å². The summed E-state index contributed by atoms with van der Waals surface area (Å²) < 4.78 is 19.1. The molecule has 0 saturated carbocycles. The van der Waals surface area contributed by atoms with Crippen molar-refractivity contribution < 1.29 is 14.2 Å². The number of ether oxygens (including phenoxy) is 3. The van der Waals surface area contributed by atoms with Crippen LogP contribution in [0.15, 0.2) is 54.7 Å². The van der Waals surface area contributed by atoms with Crippen LogP contribution in [0, 0.1) is 6.92 Å². The molecule has 0 amide bonds. The summed E-state index contributed by atoms with van der Waals surface area (Å²) in [6.07, 6.45) is 3.55. The van der Waals surface area contributed by atoms with Crippen LogP contribution in [0.5, 0.6) is 11.5 Å². The molecule has 1 aliphatic heterocycles. The second kappa shape index (κ2) is 7.84. The molecule has 1 fully saturated rings. The standard InChI is InChI=1S/C22H24N2O3/c1-16-5-7-17(8-6-16)15-24-19(11-12-23-24)18-9-10-20(25-2)21(14-18)27-22-4-3-13-26-22/h5-12,14,22H,3-4,13,15H2,1-2H3/t22-/m0/s1. The number of methoxy groups -OCH3 is 1. The maximum Gasteiger partial charge on any atom is 0.200 e. The largest absolute Gasteiger partial charge is 0.493 e. The van der Waals surface area contributed by atoms with Gasteiger partial charge in [-0.2, -0.15) is 5.10 Å². The van der Waals surface area contributed by atoms with Crippen molar-refractivity contribution in [3.05, 3.63) is 65.9 Å². The van der Waals surface area contributed by atoms with Crippen molar-refractivity contribution in [3.63, 3.8) is 0 Å². The Morgan fingerprint density at radius 3 is 2.70 bits per heavy atom. The van der Waals surface area contributed by atoms with Crippen LogP contribution in [-0.2, 0) is 11.3 Å². The van der Waals surface area contributed by atoms with Crippen molar-refractivity contribution in [2.45, 2.75) is 32.6 Å². The van der Waals surface area contributed by atoms with Crippen molar-refractivity contribution in [3.8, 4) is 22.8 Å². The fraction of sp³-hybridized carbons (Fsp3) is 0.318. The highest BCUT2D eigenvalue weighted by Gasteiger charge is 2.20. The summed E-state index contributed by atoms with van der Waals surface area (Å²) in [5, 5.41) is 4.51. The van der Waals surface area contributed by atoms with Crippen LogP contribution in [0.3, 0.4) is 0 Å². The van der Waals surface area contributed by atoms with Gasteiger partial charge in [-0.05, 0) is 43.2 Å². The molecule has 0 unspecified atom stereocenters. The Hall–Kier alpha value is -2.79. The summed E-state index contributed by atoms with van der Waals surface area (Å²) in [5.41, 5.74) is 4.55. The Bertz CT molecular complexity index is 896. The van der Waals surface area contributed by atoms with Crippen LogP contribution < -0.4 is 9.47 Å². The lowest BCUT2D eigenvalue weighted by Gasteiger charge is -2.17. The molecule has 0 aliphatic carbocycles. The summed E-state index contributed by atoms with van der Waals surface area (Å²) in [5.74, 6) is 1.41. The molecule has 0 spiro atoms. The minimum Gasteiger partial charge on any atom is -0.493 e. The summed E-state index contributed by atoms with van der Waals surface area (Å²) in [4.78, 5) is 0. The van der Waals surface area contributed by atoms with Crippen LogP contribution in [-0.4, -0.2) is 29.8 Å². The van der Waals surface area contributed by atoms with E-state index in [0.29, 0.717) is 11.5 Å². The van der Waals surface area contributed by atoms with Crippen LogP contribution in [0.4, 0.5) is 0 Å². The molecular weight excluding hydrogens is 340 g/mol. The van der Waals surface area contributed by atoms with Crippen molar-refractivity contribution in [2.75, 3.05) is 13.7 Å². The normalized spacial score (nSPS) is 16.4. The van der Waals surface area contributed by atoms with Crippen molar-refractivity contribution in [1.82, 2.24) is 9.78 Å². The molecule has 4 rings (SSSR count). The van der Waals surface area contributed by atoms with Gasteiger partial charge in [-0.15, -0.1) is 0 Å². The molecule has 3 aromatic rings. The highest BCUT2D eigenvalue weighted by atomic mass is 16.7. The predicted molar refractivity (Wildman–Crippen MR) is 104 cm³/mol. The Balaban J connectivity index is 1.61. The summed E-state index contributed by atoms with van der Waals surface area (Å²) in [6, 6.07) is 16.5. The molecule has 0 radical (unpaired) electrons. The Labute approximate surface area is 159 Å². The molecule has 0 N–H and O–H groups in total. The van der Waals surface area contributed by atoms with Gasteiger partial charge >= 0.3 is 0 Å². The van der Waals surface area contributed by atoms with E-state index in [1.54, 1.807) is 7.11 Å². The maximum atomic E-state index is 6.03. The zero-order chi connectivity index (χ0) is 18.6. The quantitative estimate of drug-likeness (QED) is 0.649. The molecule has 1 aliphatic rings. The number of hydrogen-bond acceptors (Lipinski definition) is 4. The third-order valence-electron chi connectivity index (χ3n) is 4.78. The zero-order valence-corrected chi connectivity index (χ0v) is 15.7. The van der Waals surface area contributed by atoms with E-state index in [-0.39, 0.29) is 6.29 Å². The van der Waals surface area contributed by atoms with Gasteiger partial charge in [-0.1, -0.05) is 29.8 Å². The fourth-order valence-corrected chi connectivity index (χ4v) is 3.28. The van der Waals surface area contributed by atoms with Gasteiger partial charge in [0.05, 0.1) is 26.0 Å². The molecule has 1 saturated heterocycles. The van der Waals surface area contributed by atoms with Crippen molar-refractivity contribution in [2.24, 2.45) is 0 Å². The minimum atomic E-state index is -0.202. The Morgan fingerprint density at radius 1 is 1.11 bits per heavy atom. The van der Waals surface area contributed by atoms with Crippen LogP contribution in [0.2, 0.25) is 0 Å². The number of aromatic nitrogens is 2. The van der Waals surface area contributed by atoms with Crippen LogP contribution in [0.25, 0.3) is 11.3 Å². The second-order valence-electron chi connectivity index (χ2n) is 6.79. The monoisotopic (exact) mass is 364 g/mol. The molecule has 1 aromatic heterocycles. The highest BCUT2D eigenvalue weighted by Crippen LogP contribution is 2.34. The van der Waals surface area contributed by atoms with E-state index in [0.717, 1.165) is 37.3 Å². The van der Waals surface area contributed by atoms with Gasteiger partial charge in [0.2, 0.25) is 0 Å². The van der Waals surface area contributed by atoms with E-state index >= 15 is 0 Å². The predicted octanol–water partition coefficient (Wildman–Crippen LogP) is 4.43. The number of aryl methyl sites for hydroxylation is 1. The Morgan fingerprint density at radius 2 is 1.96 bits per heavy atom. The topological polar surface area (TPSA) is 45.5 Å². The third kappa shape index (κ3) is 3.98. The van der Waals surface area contributed by atoms with Gasteiger partial charge in [0.15, 0.2) is 17.8 Å². The average molecular weight is 364 g/mol. The first-order valence-corrected chi connectivity index (χ1v) is 9.27. The Kier molecular flexibility index (Phi) is 5.12. The number of hydrogen-bond donors (Lipinski definition) is 0. The first kappa shape index (κ1) is 17.6. The molecule has 2 aromatic carbocycles. The van der Waals surface area contributed by atoms with E-state index < -0.39 is 0 Å². The third-order valence-corrected chi connectivity index (χ3v) is 4.78. The molecule has 5 heteroatoms. The first-order valence-electron chi connectivity index (χ1n) is 9.27. The second-order valence-corrected chi connectivity index (χ2v) is 6.79. The number of rotatable bonds is 6. The molecular formula is C22H24N2O3. The summed E-state index contributed by atoms with van der Waals surface area (Å²) in [6.45, 7) is 3.56. The summed E-state index contributed by atoms with van der Waals surface area (Å²) >= 11 is 0. The zero-order valence-electron chi connectivity index (χ0n) is 15.7. The number of nitrogens with zero attached hydrogens (tertiary/aromatic N) is 2. The van der Waals surface area contributed by atoms with Crippen LogP contribution in [0.1, 0.15) is 24.0 Å². The van der Waals surface area contributed by atoms with E-state index in [1.165, 1.54) is 11.1 Å². The highest BCUT2D eigenvalue weighted by molar-refractivity contribution is 5.64.